The van der Waals surface area contributed by atoms with Gasteiger partial charge in [0.15, 0.2) is 0 Å². The number of fused-ring (bicyclic) bond motifs is 1. The Labute approximate surface area is 205 Å². The molecule has 12 heteroatoms. The maximum atomic E-state index is 14.1. The Morgan fingerprint density at radius 3 is 2.33 bits per heavy atom. The minimum absolute atomic E-state index is 0.0484. The summed E-state index contributed by atoms with van der Waals surface area (Å²) in [6.07, 6.45) is 8.72. The summed E-state index contributed by atoms with van der Waals surface area (Å²) in [5, 5.41) is 0. The summed E-state index contributed by atoms with van der Waals surface area (Å²) in [6, 6.07) is 6.78. The molecule has 9 nitrogen and oxygen atoms in total. The van der Waals surface area contributed by atoms with Gasteiger partial charge >= 0.3 is 0 Å². The molecule has 1 N–H and O–H groups in total. The van der Waals surface area contributed by atoms with Gasteiger partial charge in [0.05, 0.1) is 20.4 Å². The van der Waals surface area contributed by atoms with E-state index in [1.54, 1.807) is 12.1 Å². The first-order valence-corrected chi connectivity index (χ1v) is 12.3. The minimum atomic E-state index is -4.44. The number of methoxy groups -OCH3 is 2. The van der Waals surface area contributed by atoms with Crippen molar-refractivity contribution in [2.45, 2.75) is 24.2 Å². The van der Waals surface area contributed by atoms with E-state index in [0.717, 1.165) is 12.1 Å². The van der Waals surface area contributed by atoms with E-state index in [2.05, 4.69) is 14.7 Å². The average molecular weight is 517 g/mol. The predicted molar refractivity (Wildman–Crippen MR) is 129 cm³/mol. The largest absolute Gasteiger partial charge is 0.490 e. The lowest BCUT2D eigenvalue weighted by molar-refractivity contribution is 0.400. The third-order valence-corrected chi connectivity index (χ3v) is 6.45. The van der Waals surface area contributed by atoms with Crippen LogP contribution in [-0.4, -0.2) is 37.0 Å². The number of anilines is 1. The first kappa shape index (κ1) is 25.0. The summed E-state index contributed by atoms with van der Waals surface area (Å²) in [7, 11) is -1.80. The average Bonchev–Trinajstić information content (AvgIpc) is 3.73. The van der Waals surface area contributed by atoms with Gasteiger partial charge in [-0.2, -0.15) is 0 Å². The molecule has 0 amide bonds. The van der Waals surface area contributed by atoms with Crippen LogP contribution in [0.2, 0.25) is 0 Å². The molecule has 0 saturated heterocycles. The molecule has 1 aliphatic carbocycles. The Hall–Kier alpha value is -4.06. The van der Waals surface area contributed by atoms with Gasteiger partial charge < -0.3 is 9.47 Å². The molecule has 0 unspecified atom stereocenters. The zero-order chi connectivity index (χ0) is 25.9. The second kappa shape index (κ2) is 10.3. The number of pyridine rings is 2. The van der Waals surface area contributed by atoms with Gasteiger partial charge in [-0.3, -0.25) is 13.9 Å². The number of sulfonamides is 1. The number of halogens is 2. The van der Waals surface area contributed by atoms with Gasteiger partial charge in [-0.25, -0.2) is 27.2 Å². The molecular weight excluding hydrogens is 494 g/mol. The monoisotopic (exact) mass is 516 g/mol. The molecule has 1 aliphatic rings. The van der Waals surface area contributed by atoms with Gasteiger partial charge in [-0.15, -0.1) is 0 Å². The van der Waals surface area contributed by atoms with Crippen LogP contribution < -0.4 is 19.8 Å². The van der Waals surface area contributed by atoms with E-state index in [0.29, 0.717) is 22.8 Å². The molecular formula is C24H22F2N4O5S. The SMILES string of the molecule is C1CC1.COc1ncc(-c2ccc3ncc(OC)c(=O)n3c2)cc1NS(=O)(=O)c1ccc(F)cc1F. The second-order valence-corrected chi connectivity index (χ2v) is 9.45. The molecule has 0 radical (unpaired) electrons. The molecule has 0 spiro atoms. The van der Waals surface area contributed by atoms with E-state index >= 15 is 0 Å². The molecule has 3 aromatic heterocycles. The van der Waals surface area contributed by atoms with Crippen molar-refractivity contribution < 1.29 is 26.7 Å². The fraction of sp³-hybridized carbons (Fsp3) is 0.208. The highest BCUT2D eigenvalue weighted by Gasteiger charge is 2.22. The fourth-order valence-corrected chi connectivity index (χ4v) is 4.22. The zero-order valence-corrected chi connectivity index (χ0v) is 20.2. The van der Waals surface area contributed by atoms with E-state index < -0.39 is 32.1 Å². The molecule has 36 heavy (non-hydrogen) atoms. The second-order valence-electron chi connectivity index (χ2n) is 7.80. The van der Waals surface area contributed by atoms with E-state index in [4.69, 9.17) is 9.47 Å². The van der Waals surface area contributed by atoms with Crippen molar-refractivity contribution >= 4 is 21.4 Å². The Morgan fingerprint density at radius 2 is 1.69 bits per heavy atom. The zero-order valence-electron chi connectivity index (χ0n) is 19.4. The molecule has 1 saturated carbocycles. The summed E-state index contributed by atoms with van der Waals surface area (Å²) < 4.78 is 66.3. The molecule has 4 aromatic rings. The number of aromatic nitrogens is 3. The molecule has 1 fully saturated rings. The molecule has 5 rings (SSSR count). The van der Waals surface area contributed by atoms with E-state index in [9.17, 15) is 22.0 Å². The van der Waals surface area contributed by atoms with E-state index in [-0.39, 0.29) is 17.3 Å². The summed E-state index contributed by atoms with van der Waals surface area (Å²) in [4.78, 5) is 20.0. The van der Waals surface area contributed by atoms with Crippen molar-refractivity contribution in [1.82, 2.24) is 14.4 Å². The molecule has 0 aliphatic heterocycles. The topological polar surface area (TPSA) is 112 Å². The number of nitrogens with zero attached hydrogens (tertiary/aromatic N) is 3. The summed E-state index contributed by atoms with van der Waals surface area (Å²) in [5.41, 5.74) is 0.778. The van der Waals surface area contributed by atoms with Gasteiger partial charge in [0.1, 0.15) is 27.9 Å². The van der Waals surface area contributed by atoms with Crippen LogP contribution in [-0.2, 0) is 10.0 Å². The Balaban J connectivity index is 0.000000943. The lowest BCUT2D eigenvalue weighted by atomic mass is 10.1. The third kappa shape index (κ3) is 5.43. The lowest BCUT2D eigenvalue weighted by Crippen LogP contribution is -2.16. The Kier molecular flexibility index (Phi) is 7.15. The van der Waals surface area contributed by atoms with Crippen molar-refractivity contribution in [2.24, 2.45) is 0 Å². The lowest BCUT2D eigenvalue weighted by Gasteiger charge is -2.13. The van der Waals surface area contributed by atoms with Crippen molar-refractivity contribution in [1.29, 1.82) is 0 Å². The Morgan fingerprint density at radius 1 is 0.944 bits per heavy atom. The van der Waals surface area contributed by atoms with E-state index in [1.165, 1.54) is 62.5 Å². The first-order valence-electron chi connectivity index (χ1n) is 10.8. The van der Waals surface area contributed by atoms with Crippen molar-refractivity contribution in [3.05, 3.63) is 77.0 Å². The van der Waals surface area contributed by atoms with Crippen LogP contribution in [0.25, 0.3) is 16.8 Å². The number of hydrogen-bond acceptors (Lipinski definition) is 7. The van der Waals surface area contributed by atoms with Gasteiger partial charge in [-0.1, -0.05) is 19.3 Å². The highest BCUT2D eigenvalue weighted by molar-refractivity contribution is 7.92. The highest BCUT2D eigenvalue weighted by Crippen LogP contribution is 2.30. The summed E-state index contributed by atoms with van der Waals surface area (Å²) in [5.74, 6) is -2.19. The number of rotatable bonds is 6. The summed E-state index contributed by atoms with van der Waals surface area (Å²) >= 11 is 0. The molecule has 3 heterocycles. The highest BCUT2D eigenvalue weighted by atomic mass is 32.2. The number of nitrogens with one attached hydrogen (secondary N) is 1. The molecule has 0 bridgehead atoms. The predicted octanol–water partition coefficient (Wildman–Crippen LogP) is 4.02. The van der Waals surface area contributed by atoms with Crippen LogP contribution in [0.15, 0.2) is 64.7 Å². The maximum absolute atomic E-state index is 14.1. The third-order valence-electron chi connectivity index (χ3n) is 5.05. The van der Waals surface area contributed by atoms with Crippen LogP contribution >= 0.6 is 0 Å². The van der Waals surface area contributed by atoms with Crippen molar-refractivity contribution in [3.63, 3.8) is 0 Å². The van der Waals surface area contributed by atoms with Crippen molar-refractivity contribution in [3.8, 4) is 22.8 Å². The molecule has 188 valence electrons. The Bertz CT molecular complexity index is 1590. The normalized spacial score (nSPS) is 12.4. The standard InChI is InChI=1S/C21H16F2N4O5S.C3H6/c1-31-17-10-24-19-6-3-12(11-27(19)21(17)28)13-7-16(20(32-2)25-9-13)26-33(29,30)18-5-4-14(22)8-15(18)23;1-2-3-1/h3-11,26H,1-2H3;1-3H2. The maximum Gasteiger partial charge on any atom is 0.300 e. The van der Waals surface area contributed by atoms with E-state index in [1.807, 2.05) is 0 Å². The smallest absolute Gasteiger partial charge is 0.300 e. The van der Waals surface area contributed by atoms with Crippen LogP contribution in [0.3, 0.4) is 0 Å². The minimum Gasteiger partial charge on any atom is -0.490 e. The van der Waals surface area contributed by atoms with Gasteiger partial charge in [0.2, 0.25) is 11.6 Å². The van der Waals surface area contributed by atoms with Crippen LogP contribution in [0, 0.1) is 11.6 Å². The molecule has 0 atom stereocenters. The van der Waals surface area contributed by atoms with Crippen LogP contribution in [0.1, 0.15) is 19.3 Å². The van der Waals surface area contributed by atoms with Crippen molar-refractivity contribution in [2.75, 3.05) is 18.9 Å². The van der Waals surface area contributed by atoms with Crippen LogP contribution in [0.5, 0.6) is 11.6 Å². The number of hydrogen-bond donors (Lipinski definition) is 1. The summed E-state index contributed by atoms with van der Waals surface area (Å²) in [6.45, 7) is 0. The fourth-order valence-electron chi connectivity index (χ4n) is 3.11. The quantitative estimate of drug-likeness (QED) is 0.412. The first-order chi connectivity index (χ1) is 17.2. The van der Waals surface area contributed by atoms with Gasteiger partial charge in [-0.05, 0) is 30.3 Å². The number of ether oxygens (including phenoxy) is 2. The van der Waals surface area contributed by atoms with Gasteiger partial charge in [0.25, 0.3) is 15.6 Å². The van der Waals surface area contributed by atoms with Crippen LogP contribution in [0.4, 0.5) is 14.5 Å². The van der Waals surface area contributed by atoms with Gasteiger partial charge in [0, 0.05) is 29.6 Å². The number of benzene rings is 1. The molecule has 1 aromatic carbocycles.